The van der Waals surface area contributed by atoms with Gasteiger partial charge in [-0.05, 0) is 30.5 Å². The molecule has 0 aliphatic rings. The molecule has 0 saturated heterocycles. The molecule has 2 N–H and O–H groups in total. The Morgan fingerprint density at radius 3 is 2.45 bits per heavy atom. The highest BCUT2D eigenvalue weighted by atomic mass is 35.5. The van der Waals surface area contributed by atoms with Crippen molar-refractivity contribution < 1.29 is 9.59 Å². The summed E-state index contributed by atoms with van der Waals surface area (Å²) < 4.78 is 0. The predicted octanol–water partition coefficient (Wildman–Crippen LogP) is 2.57. The van der Waals surface area contributed by atoms with Crippen molar-refractivity contribution in [2.45, 2.75) is 26.2 Å². The summed E-state index contributed by atoms with van der Waals surface area (Å²) in [5, 5.41) is 6.49. The standard InChI is InChI=1S/C14H18Cl2N2O2/c1-10(19)17-7-2-8-18-14(20)6-4-11-3-5-12(15)13(16)9-11/h3,5,9H,2,4,6-8H2,1H3,(H,17,19)(H,18,20). The first kappa shape index (κ1) is 16.8. The maximum atomic E-state index is 11.6. The van der Waals surface area contributed by atoms with Crippen molar-refractivity contribution in [1.82, 2.24) is 10.6 Å². The number of carbonyl (C=O) groups is 2. The van der Waals surface area contributed by atoms with Crippen LogP contribution in [-0.2, 0) is 16.0 Å². The van der Waals surface area contributed by atoms with Crippen molar-refractivity contribution in [1.29, 1.82) is 0 Å². The van der Waals surface area contributed by atoms with Gasteiger partial charge in [0.1, 0.15) is 0 Å². The van der Waals surface area contributed by atoms with Crippen LogP contribution in [0, 0.1) is 0 Å². The second-order valence-corrected chi connectivity index (χ2v) is 5.25. The highest BCUT2D eigenvalue weighted by molar-refractivity contribution is 6.42. The molecule has 0 unspecified atom stereocenters. The molecular formula is C14H18Cl2N2O2. The van der Waals surface area contributed by atoms with Crippen molar-refractivity contribution >= 4 is 35.0 Å². The quantitative estimate of drug-likeness (QED) is 0.760. The first-order valence-corrected chi connectivity index (χ1v) is 7.19. The zero-order valence-electron chi connectivity index (χ0n) is 11.3. The summed E-state index contributed by atoms with van der Waals surface area (Å²) in [4.78, 5) is 22.2. The van der Waals surface area contributed by atoms with E-state index in [1.807, 2.05) is 6.07 Å². The Balaban J connectivity index is 2.19. The number of halogens is 2. The van der Waals surface area contributed by atoms with E-state index in [4.69, 9.17) is 23.2 Å². The van der Waals surface area contributed by atoms with Gasteiger partial charge in [-0.3, -0.25) is 9.59 Å². The molecule has 0 saturated carbocycles. The molecule has 0 heterocycles. The summed E-state index contributed by atoms with van der Waals surface area (Å²) in [5.74, 6) is -0.0742. The van der Waals surface area contributed by atoms with Crippen molar-refractivity contribution in [3.05, 3.63) is 33.8 Å². The van der Waals surface area contributed by atoms with Gasteiger partial charge in [0.05, 0.1) is 10.0 Å². The van der Waals surface area contributed by atoms with E-state index in [1.165, 1.54) is 6.92 Å². The van der Waals surface area contributed by atoms with E-state index in [2.05, 4.69) is 10.6 Å². The van der Waals surface area contributed by atoms with Crippen molar-refractivity contribution in [3.8, 4) is 0 Å². The minimum Gasteiger partial charge on any atom is -0.356 e. The minimum atomic E-state index is -0.0593. The van der Waals surface area contributed by atoms with Gasteiger partial charge >= 0.3 is 0 Å². The average Bonchev–Trinajstić information content (AvgIpc) is 2.39. The van der Waals surface area contributed by atoms with Crippen molar-refractivity contribution in [3.63, 3.8) is 0 Å². The van der Waals surface area contributed by atoms with Crippen molar-refractivity contribution in [2.75, 3.05) is 13.1 Å². The highest BCUT2D eigenvalue weighted by Crippen LogP contribution is 2.23. The molecule has 0 atom stereocenters. The fourth-order valence-electron chi connectivity index (χ4n) is 1.62. The second kappa shape index (κ2) is 8.82. The molecule has 6 heteroatoms. The van der Waals surface area contributed by atoms with Gasteiger partial charge in [-0.25, -0.2) is 0 Å². The van der Waals surface area contributed by atoms with Crippen LogP contribution in [0.1, 0.15) is 25.3 Å². The predicted molar refractivity (Wildman–Crippen MR) is 81.1 cm³/mol. The van der Waals surface area contributed by atoms with Gasteiger partial charge in [0.2, 0.25) is 11.8 Å². The zero-order valence-corrected chi connectivity index (χ0v) is 12.9. The average molecular weight is 317 g/mol. The Morgan fingerprint density at radius 1 is 1.10 bits per heavy atom. The zero-order chi connectivity index (χ0) is 15.0. The Hall–Kier alpha value is -1.26. The molecule has 20 heavy (non-hydrogen) atoms. The first-order valence-electron chi connectivity index (χ1n) is 6.44. The normalized spacial score (nSPS) is 10.2. The minimum absolute atomic E-state index is 0.0149. The molecule has 1 aromatic rings. The van der Waals surface area contributed by atoms with Gasteiger partial charge < -0.3 is 10.6 Å². The Kier molecular flexibility index (Phi) is 7.41. The molecule has 0 aromatic heterocycles. The second-order valence-electron chi connectivity index (χ2n) is 4.43. The van der Waals surface area contributed by atoms with Gasteiger partial charge in [0.25, 0.3) is 0 Å². The summed E-state index contributed by atoms with van der Waals surface area (Å²) in [6.45, 7) is 2.60. The van der Waals surface area contributed by atoms with Crippen molar-refractivity contribution in [2.24, 2.45) is 0 Å². The van der Waals surface area contributed by atoms with E-state index in [9.17, 15) is 9.59 Å². The van der Waals surface area contributed by atoms with E-state index in [0.29, 0.717) is 36.0 Å². The van der Waals surface area contributed by atoms with E-state index >= 15 is 0 Å². The van der Waals surface area contributed by atoms with Crippen LogP contribution >= 0.6 is 23.2 Å². The topological polar surface area (TPSA) is 58.2 Å². The number of carbonyl (C=O) groups excluding carboxylic acids is 2. The first-order chi connectivity index (χ1) is 9.49. The number of benzene rings is 1. The van der Waals surface area contributed by atoms with Gasteiger partial charge in [0.15, 0.2) is 0 Å². The van der Waals surface area contributed by atoms with Crippen LogP contribution in [0.4, 0.5) is 0 Å². The van der Waals surface area contributed by atoms with E-state index in [0.717, 1.165) is 12.0 Å². The molecule has 0 bridgehead atoms. The number of nitrogens with one attached hydrogen (secondary N) is 2. The lowest BCUT2D eigenvalue weighted by Gasteiger charge is -2.06. The molecule has 0 spiro atoms. The summed E-state index contributed by atoms with van der Waals surface area (Å²) in [6.07, 6.45) is 1.74. The summed E-state index contributed by atoms with van der Waals surface area (Å²) in [6, 6.07) is 5.36. The third kappa shape index (κ3) is 6.78. The number of rotatable bonds is 7. The molecule has 0 fully saturated rings. The number of amides is 2. The fraction of sp³-hybridized carbons (Fsp3) is 0.429. The van der Waals surface area contributed by atoms with Gasteiger partial charge in [-0.2, -0.15) is 0 Å². The van der Waals surface area contributed by atoms with E-state index in [-0.39, 0.29) is 11.8 Å². The van der Waals surface area contributed by atoms with E-state index in [1.54, 1.807) is 12.1 Å². The number of hydrogen-bond acceptors (Lipinski definition) is 2. The van der Waals surface area contributed by atoms with Crippen LogP contribution in [0.5, 0.6) is 0 Å². The molecule has 0 radical (unpaired) electrons. The monoisotopic (exact) mass is 316 g/mol. The molecule has 0 aliphatic heterocycles. The third-order valence-electron chi connectivity index (χ3n) is 2.67. The highest BCUT2D eigenvalue weighted by Gasteiger charge is 2.04. The summed E-state index contributed by atoms with van der Waals surface area (Å²) >= 11 is 11.7. The van der Waals surface area contributed by atoms with Gasteiger partial charge in [-0.1, -0.05) is 29.3 Å². The Labute approximate surface area is 128 Å². The molecule has 1 aromatic carbocycles. The molecule has 0 aliphatic carbocycles. The largest absolute Gasteiger partial charge is 0.356 e. The Morgan fingerprint density at radius 2 is 1.80 bits per heavy atom. The van der Waals surface area contributed by atoms with Gasteiger partial charge in [-0.15, -0.1) is 0 Å². The van der Waals surface area contributed by atoms with Crippen LogP contribution < -0.4 is 10.6 Å². The maximum absolute atomic E-state index is 11.6. The fourth-order valence-corrected chi connectivity index (χ4v) is 1.94. The molecule has 2 amide bonds. The molecule has 1 rings (SSSR count). The van der Waals surface area contributed by atoms with E-state index < -0.39 is 0 Å². The number of hydrogen-bond donors (Lipinski definition) is 2. The summed E-state index contributed by atoms with van der Waals surface area (Å²) in [7, 11) is 0. The van der Waals surface area contributed by atoms with Crippen LogP contribution in [0.2, 0.25) is 10.0 Å². The van der Waals surface area contributed by atoms with Crippen LogP contribution in [0.25, 0.3) is 0 Å². The molecule has 110 valence electrons. The number of aryl methyl sites for hydroxylation is 1. The Bertz CT molecular complexity index is 478. The van der Waals surface area contributed by atoms with Gasteiger partial charge in [0, 0.05) is 26.4 Å². The van der Waals surface area contributed by atoms with Crippen LogP contribution in [0.3, 0.4) is 0 Å². The van der Waals surface area contributed by atoms with Crippen LogP contribution in [0.15, 0.2) is 18.2 Å². The lowest BCUT2D eigenvalue weighted by Crippen LogP contribution is -2.28. The lowest BCUT2D eigenvalue weighted by molar-refractivity contribution is -0.121. The lowest BCUT2D eigenvalue weighted by atomic mass is 10.1. The van der Waals surface area contributed by atoms with Crippen LogP contribution in [-0.4, -0.2) is 24.9 Å². The SMILES string of the molecule is CC(=O)NCCCNC(=O)CCc1ccc(Cl)c(Cl)c1. The summed E-state index contributed by atoms with van der Waals surface area (Å²) in [5.41, 5.74) is 0.979. The molecule has 4 nitrogen and oxygen atoms in total. The maximum Gasteiger partial charge on any atom is 0.220 e. The smallest absolute Gasteiger partial charge is 0.220 e. The molecular weight excluding hydrogens is 299 g/mol. The third-order valence-corrected chi connectivity index (χ3v) is 3.41.